The number of aromatic nitrogens is 1. The molecule has 0 unspecified atom stereocenters. The molecule has 22 heavy (non-hydrogen) atoms. The van der Waals surface area contributed by atoms with Crippen LogP contribution in [0.1, 0.15) is 11.3 Å². The van der Waals surface area contributed by atoms with Crippen LogP contribution in [0.2, 0.25) is 0 Å². The quantitative estimate of drug-likeness (QED) is 0.821. The van der Waals surface area contributed by atoms with E-state index >= 15 is 0 Å². The number of pyridine rings is 1. The van der Waals surface area contributed by atoms with Crippen LogP contribution in [0.5, 0.6) is 5.75 Å². The number of hydrogen-bond acceptors (Lipinski definition) is 4. The molecule has 0 aliphatic rings. The third-order valence-corrected chi connectivity index (χ3v) is 3.23. The molecule has 1 amide bonds. The lowest BCUT2D eigenvalue weighted by Crippen LogP contribution is -2.33. The number of aliphatic hydroxyl groups excluding tert-OH is 1. The molecule has 2 rings (SSSR count). The van der Waals surface area contributed by atoms with Crippen molar-refractivity contribution in [1.29, 1.82) is 0 Å². The van der Waals surface area contributed by atoms with Crippen LogP contribution in [0.3, 0.4) is 0 Å². The summed E-state index contributed by atoms with van der Waals surface area (Å²) < 4.78 is 6.37. The van der Waals surface area contributed by atoms with Crippen LogP contribution in [0, 0.1) is 0 Å². The highest BCUT2D eigenvalue weighted by atomic mass is 16.5. The van der Waals surface area contributed by atoms with Gasteiger partial charge in [-0.05, 0) is 23.8 Å². The smallest absolute Gasteiger partial charge is 0.251 e. The number of rotatable bonds is 6. The minimum absolute atomic E-state index is 0.125. The van der Waals surface area contributed by atoms with Crippen molar-refractivity contribution in [3.8, 4) is 5.75 Å². The summed E-state index contributed by atoms with van der Waals surface area (Å²) in [5, 5.41) is 12.0. The van der Waals surface area contributed by atoms with Crippen LogP contribution in [0.4, 0.5) is 0 Å². The lowest BCUT2D eigenvalue weighted by Gasteiger charge is -2.11. The fourth-order valence-corrected chi connectivity index (χ4v) is 2.06. The molecule has 1 heterocycles. The Morgan fingerprint density at radius 2 is 2.05 bits per heavy atom. The van der Waals surface area contributed by atoms with Gasteiger partial charge in [0.25, 0.3) is 5.56 Å². The fourth-order valence-electron chi connectivity index (χ4n) is 2.06. The highest BCUT2D eigenvalue weighted by Crippen LogP contribution is 2.12. The van der Waals surface area contributed by atoms with Crippen molar-refractivity contribution in [3.63, 3.8) is 0 Å². The Morgan fingerprint density at radius 3 is 2.77 bits per heavy atom. The Labute approximate surface area is 128 Å². The summed E-state index contributed by atoms with van der Waals surface area (Å²) >= 11 is 0. The van der Waals surface area contributed by atoms with Crippen molar-refractivity contribution in [3.05, 3.63) is 64.1 Å². The standard InChI is InChI=1S/C16H18N2O4/c1-22-14-6-2-4-12(8-14)9-17-15(20)10-18-13(11-19)5-3-7-16(18)21/h2-8,19H,9-11H2,1H3,(H,17,20). The van der Waals surface area contributed by atoms with E-state index in [0.29, 0.717) is 18.0 Å². The van der Waals surface area contributed by atoms with Crippen LogP contribution in [-0.4, -0.2) is 22.7 Å². The molecule has 0 radical (unpaired) electrons. The van der Waals surface area contributed by atoms with Crippen LogP contribution in [0.15, 0.2) is 47.3 Å². The maximum atomic E-state index is 12.0. The van der Waals surface area contributed by atoms with Gasteiger partial charge in [-0.15, -0.1) is 0 Å². The zero-order valence-corrected chi connectivity index (χ0v) is 12.3. The highest BCUT2D eigenvalue weighted by molar-refractivity contribution is 5.75. The number of hydrogen-bond donors (Lipinski definition) is 2. The minimum Gasteiger partial charge on any atom is -0.497 e. The van der Waals surface area contributed by atoms with E-state index < -0.39 is 0 Å². The summed E-state index contributed by atoms with van der Waals surface area (Å²) in [7, 11) is 1.58. The first-order valence-electron chi connectivity index (χ1n) is 6.83. The van der Waals surface area contributed by atoms with Crippen molar-refractivity contribution in [2.75, 3.05) is 7.11 Å². The summed E-state index contributed by atoms with van der Waals surface area (Å²) in [5.41, 5.74) is 0.989. The molecule has 2 aromatic rings. The second kappa shape index (κ2) is 7.42. The number of methoxy groups -OCH3 is 1. The van der Waals surface area contributed by atoms with Gasteiger partial charge in [-0.1, -0.05) is 18.2 Å². The summed E-state index contributed by atoms with van der Waals surface area (Å²) in [6.07, 6.45) is 0. The van der Waals surface area contributed by atoms with Gasteiger partial charge in [0.15, 0.2) is 0 Å². The van der Waals surface area contributed by atoms with Crippen LogP contribution < -0.4 is 15.6 Å². The van der Waals surface area contributed by atoms with E-state index in [2.05, 4.69) is 5.32 Å². The number of carbonyl (C=O) groups excluding carboxylic acids is 1. The highest BCUT2D eigenvalue weighted by Gasteiger charge is 2.08. The first-order chi connectivity index (χ1) is 10.6. The Balaban J connectivity index is 2.00. The number of amides is 1. The molecule has 1 aromatic carbocycles. The van der Waals surface area contributed by atoms with E-state index in [-0.39, 0.29) is 24.6 Å². The van der Waals surface area contributed by atoms with Crippen LogP contribution >= 0.6 is 0 Å². The number of nitrogens with zero attached hydrogens (tertiary/aromatic N) is 1. The maximum Gasteiger partial charge on any atom is 0.251 e. The van der Waals surface area contributed by atoms with E-state index in [9.17, 15) is 14.7 Å². The van der Waals surface area contributed by atoms with Gasteiger partial charge in [0.1, 0.15) is 12.3 Å². The molecule has 2 N–H and O–H groups in total. The Bertz CT molecular complexity index is 709. The number of carbonyl (C=O) groups is 1. The van der Waals surface area contributed by atoms with Crippen molar-refractivity contribution < 1.29 is 14.6 Å². The van der Waals surface area contributed by atoms with Gasteiger partial charge >= 0.3 is 0 Å². The summed E-state index contributed by atoms with van der Waals surface area (Å²) in [4.78, 5) is 23.7. The average Bonchev–Trinajstić information content (AvgIpc) is 2.55. The SMILES string of the molecule is COc1cccc(CNC(=O)Cn2c(CO)cccc2=O)c1. The largest absolute Gasteiger partial charge is 0.497 e. The third-order valence-electron chi connectivity index (χ3n) is 3.23. The van der Waals surface area contributed by atoms with Crippen molar-refractivity contribution >= 4 is 5.91 Å². The first kappa shape index (κ1) is 15.8. The molecule has 116 valence electrons. The predicted molar refractivity (Wildman–Crippen MR) is 81.5 cm³/mol. The average molecular weight is 302 g/mol. The lowest BCUT2D eigenvalue weighted by molar-refractivity contribution is -0.121. The zero-order valence-electron chi connectivity index (χ0n) is 12.3. The molecule has 6 nitrogen and oxygen atoms in total. The second-order valence-corrected chi connectivity index (χ2v) is 4.73. The van der Waals surface area contributed by atoms with E-state index in [0.717, 1.165) is 5.56 Å². The molecular weight excluding hydrogens is 284 g/mol. The van der Waals surface area contributed by atoms with Crippen LogP contribution in [0.25, 0.3) is 0 Å². The first-order valence-corrected chi connectivity index (χ1v) is 6.83. The van der Waals surface area contributed by atoms with Gasteiger partial charge in [0.05, 0.1) is 13.7 Å². The van der Waals surface area contributed by atoms with Crippen molar-refractivity contribution in [2.45, 2.75) is 19.7 Å². The van der Waals surface area contributed by atoms with Gasteiger partial charge in [-0.2, -0.15) is 0 Å². The topological polar surface area (TPSA) is 80.6 Å². The van der Waals surface area contributed by atoms with Gasteiger partial charge in [-0.25, -0.2) is 0 Å². The number of nitrogens with one attached hydrogen (secondary N) is 1. The Hall–Kier alpha value is -2.60. The van der Waals surface area contributed by atoms with E-state index in [1.807, 2.05) is 24.3 Å². The van der Waals surface area contributed by atoms with E-state index in [4.69, 9.17) is 4.74 Å². The van der Waals surface area contributed by atoms with Gasteiger partial charge in [0, 0.05) is 18.3 Å². The maximum absolute atomic E-state index is 12.0. The number of aliphatic hydroxyl groups is 1. The molecule has 0 atom stereocenters. The molecule has 0 saturated carbocycles. The fraction of sp³-hybridized carbons (Fsp3) is 0.250. The van der Waals surface area contributed by atoms with Gasteiger partial charge in [-0.3, -0.25) is 9.59 Å². The monoisotopic (exact) mass is 302 g/mol. The molecule has 0 bridgehead atoms. The Kier molecular flexibility index (Phi) is 5.32. The minimum atomic E-state index is -0.317. The molecule has 6 heteroatoms. The van der Waals surface area contributed by atoms with Crippen molar-refractivity contribution in [2.24, 2.45) is 0 Å². The lowest BCUT2D eigenvalue weighted by atomic mass is 10.2. The number of ether oxygens (including phenoxy) is 1. The number of benzene rings is 1. The van der Waals surface area contributed by atoms with Crippen molar-refractivity contribution in [1.82, 2.24) is 9.88 Å². The van der Waals surface area contributed by atoms with E-state index in [1.165, 1.54) is 10.6 Å². The summed E-state index contributed by atoms with van der Waals surface area (Å²) in [5.74, 6) is 0.416. The van der Waals surface area contributed by atoms with Gasteiger partial charge < -0.3 is 19.7 Å². The van der Waals surface area contributed by atoms with Crippen LogP contribution in [-0.2, 0) is 24.5 Å². The molecule has 0 aliphatic carbocycles. The van der Waals surface area contributed by atoms with Gasteiger partial charge in [0.2, 0.25) is 5.91 Å². The summed E-state index contributed by atoms with van der Waals surface area (Å²) in [6, 6.07) is 11.9. The Morgan fingerprint density at radius 1 is 1.27 bits per heavy atom. The molecule has 0 aliphatic heterocycles. The molecule has 0 saturated heterocycles. The second-order valence-electron chi connectivity index (χ2n) is 4.73. The van der Waals surface area contributed by atoms with E-state index in [1.54, 1.807) is 19.2 Å². The molecule has 0 fully saturated rings. The molecule has 1 aromatic heterocycles. The third kappa shape index (κ3) is 3.95. The molecular formula is C16H18N2O4. The normalized spacial score (nSPS) is 10.3. The zero-order chi connectivity index (χ0) is 15.9. The molecule has 0 spiro atoms. The predicted octanol–water partition coefficient (Wildman–Crippen LogP) is 0.666. The summed E-state index contributed by atoms with van der Waals surface area (Å²) in [6.45, 7) is -0.0785.